The Morgan fingerprint density at radius 1 is 1.33 bits per heavy atom. The van der Waals surface area contributed by atoms with Crippen LogP contribution in [0.1, 0.15) is 16.8 Å². The van der Waals surface area contributed by atoms with E-state index in [9.17, 15) is 18.7 Å². The second-order valence-corrected chi connectivity index (χ2v) is 5.24. The van der Waals surface area contributed by atoms with E-state index in [-0.39, 0.29) is 29.4 Å². The number of hydrogen-bond donors (Lipinski definition) is 1. The normalized spacial score (nSPS) is 22.0. The molecular formula is C14H11ClF2N2O2. The smallest absolute Gasteiger partial charge is 0.337 e. The number of fused-ring (bicyclic) bond motifs is 1. The first-order valence-corrected chi connectivity index (χ1v) is 6.74. The van der Waals surface area contributed by atoms with Gasteiger partial charge < -0.3 is 10.0 Å². The lowest BCUT2D eigenvalue weighted by Gasteiger charge is -2.20. The summed E-state index contributed by atoms with van der Waals surface area (Å²) in [4.78, 5) is 16.7. The molecule has 1 aliphatic heterocycles. The summed E-state index contributed by atoms with van der Waals surface area (Å²) in [5.74, 6) is -0.873. The van der Waals surface area contributed by atoms with Gasteiger partial charge in [-0.15, -0.1) is 0 Å². The fourth-order valence-electron chi connectivity index (χ4n) is 2.50. The maximum atomic E-state index is 13.7. The zero-order valence-corrected chi connectivity index (χ0v) is 11.5. The Morgan fingerprint density at radius 3 is 2.71 bits per heavy atom. The Kier molecular flexibility index (Phi) is 3.41. The Balaban J connectivity index is 2.10. The summed E-state index contributed by atoms with van der Waals surface area (Å²) >= 11 is 5.88. The molecule has 0 bridgehead atoms. The van der Waals surface area contributed by atoms with Crippen molar-refractivity contribution in [3.8, 4) is 0 Å². The molecule has 1 aromatic heterocycles. The van der Waals surface area contributed by atoms with E-state index in [1.54, 1.807) is 6.07 Å². The molecule has 0 saturated carbocycles. The number of halogens is 3. The van der Waals surface area contributed by atoms with Gasteiger partial charge in [-0.2, -0.15) is 0 Å². The van der Waals surface area contributed by atoms with E-state index in [1.807, 2.05) is 0 Å². The number of aromatic carboxylic acids is 1. The van der Waals surface area contributed by atoms with Gasteiger partial charge in [-0.05, 0) is 24.3 Å². The van der Waals surface area contributed by atoms with E-state index in [0.29, 0.717) is 10.9 Å². The zero-order chi connectivity index (χ0) is 15.1. The number of carboxylic acids is 1. The van der Waals surface area contributed by atoms with Crippen molar-refractivity contribution in [1.82, 2.24) is 4.98 Å². The average molecular weight is 313 g/mol. The molecule has 0 spiro atoms. The van der Waals surface area contributed by atoms with Gasteiger partial charge in [-0.1, -0.05) is 11.6 Å². The van der Waals surface area contributed by atoms with E-state index in [4.69, 9.17) is 11.6 Å². The van der Waals surface area contributed by atoms with E-state index >= 15 is 0 Å². The van der Waals surface area contributed by atoms with Crippen LogP contribution in [0.4, 0.5) is 14.6 Å². The third-order valence-corrected chi connectivity index (χ3v) is 3.87. The fraction of sp³-hybridized carbons (Fsp3) is 0.286. The highest BCUT2D eigenvalue weighted by atomic mass is 35.5. The summed E-state index contributed by atoms with van der Waals surface area (Å²) in [7, 11) is 0. The third-order valence-electron chi connectivity index (χ3n) is 3.56. The van der Waals surface area contributed by atoms with Gasteiger partial charge >= 0.3 is 5.97 Å². The lowest BCUT2D eigenvalue weighted by atomic mass is 10.1. The molecule has 1 aliphatic rings. The minimum atomic E-state index is -1.72. The highest BCUT2D eigenvalue weighted by molar-refractivity contribution is 6.35. The van der Waals surface area contributed by atoms with Gasteiger partial charge in [-0.3, -0.25) is 0 Å². The SMILES string of the molecule is O=C(O)c1c(Cl)ccc2nc(N3CCC(F)C3F)ccc12. The minimum Gasteiger partial charge on any atom is -0.478 e. The first-order chi connectivity index (χ1) is 9.99. The predicted octanol–water partition coefficient (Wildman–Crippen LogP) is 3.43. The van der Waals surface area contributed by atoms with Crippen molar-refractivity contribution in [2.24, 2.45) is 0 Å². The van der Waals surface area contributed by atoms with Crippen LogP contribution in [0.25, 0.3) is 10.9 Å². The van der Waals surface area contributed by atoms with Crippen molar-refractivity contribution < 1.29 is 18.7 Å². The van der Waals surface area contributed by atoms with Gasteiger partial charge in [0.15, 0.2) is 6.17 Å². The van der Waals surface area contributed by atoms with Gasteiger partial charge in [-0.25, -0.2) is 18.6 Å². The Bertz CT molecular complexity index is 725. The minimum absolute atomic E-state index is 0.0465. The lowest BCUT2D eigenvalue weighted by Crippen LogP contribution is -2.30. The second-order valence-electron chi connectivity index (χ2n) is 4.83. The summed E-state index contributed by atoms with van der Waals surface area (Å²) < 4.78 is 27.0. The second kappa shape index (κ2) is 5.11. The van der Waals surface area contributed by atoms with E-state index < -0.39 is 18.4 Å². The molecule has 2 aromatic rings. The molecule has 21 heavy (non-hydrogen) atoms. The molecule has 4 nitrogen and oxygen atoms in total. The number of benzene rings is 1. The molecule has 1 aromatic carbocycles. The van der Waals surface area contributed by atoms with Crippen LogP contribution in [0.5, 0.6) is 0 Å². The molecule has 3 rings (SSSR count). The highest BCUT2D eigenvalue weighted by Crippen LogP contribution is 2.31. The van der Waals surface area contributed by atoms with Gasteiger partial charge in [0.2, 0.25) is 6.30 Å². The summed E-state index contributed by atoms with van der Waals surface area (Å²) in [5.41, 5.74) is 0.332. The van der Waals surface area contributed by atoms with Crippen molar-refractivity contribution in [2.45, 2.75) is 18.9 Å². The number of rotatable bonds is 2. The van der Waals surface area contributed by atoms with Gasteiger partial charge in [0, 0.05) is 18.4 Å². The molecular weight excluding hydrogens is 302 g/mol. The number of carbonyl (C=O) groups is 1. The maximum Gasteiger partial charge on any atom is 0.337 e. The van der Waals surface area contributed by atoms with Gasteiger partial charge in [0.1, 0.15) is 5.82 Å². The first-order valence-electron chi connectivity index (χ1n) is 6.36. The summed E-state index contributed by atoms with van der Waals surface area (Å²) in [6.45, 7) is 0.236. The predicted molar refractivity (Wildman–Crippen MR) is 75.5 cm³/mol. The number of anilines is 1. The Labute approximate surface area is 124 Å². The zero-order valence-electron chi connectivity index (χ0n) is 10.8. The standard InChI is InChI=1S/C14H11ClF2N2O2/c15-8-2-3-10-7(12(8)14(20)21)1-4-11(18-10)19-6-5-9(16)13(19)17/h1-4,9,13H,5-6H2,(H,20,21). The quantitative estimate of drug-likeness (QED) is 0.863. The van der Waals surface area contributed by atoms with Crippen LogP contribution in [0.15, 0.2) is 24.3 Å². The molecule has 2 atom stereocenters. The fourth-order valence-corrected chi connectivity index (χ4v) is 2.75. The summed E-state index contributed by atoms with van der Waals surface area (Å²) in [6.07, 6.45) is -3.13. The largest absolute Gasteiger partial charge is 0.478 e. The molecule has 7 heteroatoms. The molecule has 0 aliphatic carbocycles. The Hall–Kier alpha value is -1.95. The number of pyridine rings is 1. The van der Waals surface area contributed by atoms with E-state index in [2.05, 4.69) is 4.98 Å². The average Bonchev–Trinajstić information content (AvgIpc) is 2.78. The number of nitrogens with zero attached hydrogens (tertiary/aromatic N) is 2. The highest BCUT2D eigenvalue weighted by Gasteiger charge is 2.35. The van der Waals surface area contributed by atoms with E-state index in [0.717, 1.165) is 0 Å². The summed E-state index contributed by atoms with van der Waals surface area (Å²) in [5, 5.41) is 9.66. The van der Waals surface area contributed by atoms with Crippen LogP contribution in [-0.2, 0) is 0 Å². The molecule has 2 heterocycles. The van der Waals surface area contributed by atoms with Crippen molar-refractivity contribution >= 4 is 34.3 Å². The number of aromatic nitrogens is 1. The topological polar surface area (TPSA) is 53.4 Å². The molecule has 110 valence electrons. The molecule has 1 saturated heterocycles. The van der Waals surface area contributed by atoms with Crippen LogP contribution >= 0.6 is 11.6 Å². The van der Waals surface area contributed by atoms with Crippen molar-refractivity contribution in [2.75, 3.05) is 11.4 Å². The van der Waals surface area contributed by atoms with Crippen LogP contribution in [0.3, 0.4) is 0 Å². The van der Waals surface area contributed by atoms with Crippen LogP contribution in [0, 0.1) is 0 Å². The van der Waals surface area contributed by atoms with Crippen molar-refractivity contribution in [1.29, 1.82) is 0 Å². The van der Waals surface area contributed by atoms with E-state index in [1.165, 1.54) is 23.1 Å². The van der Waals surface area contributed by atoms with Crippen molar-refractivity contribution in [3.05, 3.63) is 34.9 Å². The molecule has 0 radical (unpaired) electrons. The number of carboxylic acid groups (broad SMARTS) is 1. The monoisotopic (exact) mass is 312 g/mol. The Morgan fingerprint density at radius 2 is 2.10 bits per heavy atom. The third kappa shape index (κ3) is 2.29. The van der Waals surface area contributed by atoms with Crippen molar-refractivity contribution in [3.63, 3.8) is 0 Å². The van der Waals surface area contributed by atoms with Crippen LogP contribution in [0.2, 0.25) is 5.02 Å². The van der Waals surface area contributed by atoms with Gasteiger partial charge in [0.25, 0.3) is 0 Å². The molecule has 0 amide bonds. The van der Waals surface area contributed by atoms with Gasteiger partial charge in [0.05, 0.1) is 16.1 Å². The first kappa shape index (κ1) is 14.0. The van der Waals surface area contributed by atoms with Crippen LogP contribution in [-0.4, -0.2) is 35.1 Å². The molecule has 1 N–H and O–H groups in total. The molecule has 2 unspecified atom stereocenters. The maximum absolute atomic E-state index is 13.7. The summed E-state index contributed by atoms with van der Waals surface area (Å²) in [6, 6.07) is 5.99. The molecule has 1 fully saturated rings. The number of alkyl halides is 2. The number of hydrogen-bond acceptors (Lipinski definition) is 3. The lowest BCUT2D eigenvalue weighted by molar-refractivity contribution is 0.0699. The van der Waals surface area contributed by atoms with Crippen LogP contribution < -0.4 is 4.90 Å².